The largest absolute Gasteiger partial charge is 0.373 e. The van der Waals surface area contributed by atoms with E-state index in [-0.39, 0.29) is 5.78 Å². The van der Waals surface area contributed by atoms with Crippen molar-refractivity contribution in [3.05, 3.63) is 11.5 Å². The van der Waals surface area contributed by atoms with Crippen LogP contribution in [0, 0.1) is 0 Å². The molecule has 0 amide bonds. The van der Waals surface area contributed by atoms with Crippen LogP contribution in [-0.4, -0.2) is 25.0 Å². The molecule has 4 heteroatoms. The molecule has 1 aromatic rings. The third-order valence-corrected chi connectivity index (χ3v) is 2.42. The summed E-state index contributed by atoms with van der Waals surface area (Å²) in [5.41, 5.74) is 1.32. The second-order valence-corrected chi connectivity index (χ2v) is 3.97. The Morgan fingerprint density at radius 2 is 2.14 bits per heavy atom. The molecule has 1 saturated carbocycles. The van der Waals surface area contributed by atoms with E-state index in [1.54, 1.807) is 0 Å². The number of aromatic nitrogens is 1. The number of ketones is 1. The van der Waals surface area contributed by atoms with Crippen LogP contribution in [0.15, 0.2) is 4.52 Å². The van der Waals surface area contributed by atoms with Crippen molar-refractivity contribution in [3.63, 3.8) is 0 Å². The number of Topliss-reactive ketones (excluding diaryl/α,β-unsaturated/α-hetero) is 1. The zero-order chi connectivity index (χ0) is 10.3. The lowest BCUT2D eigenvalue weighted by molar-refractivity contribution is 0.100. The van der Waals surface area contributed by atoms with Gasteiger partial charge >= 0.3 is 0 Å². The Kier molecular flexibility index (Phi) is 2.06. The van der Waals surface area contributed by atoms with E-state index in [4.69, 9.17) is 4.52 Å². The van der Waals surface area contributed by atoms with Crippen LogP contribution in [0.25, 0.3) is 0 Å². The van der Waals surface area contributed by atoms with Gasteiger partial charge in [-0.3, -0.25) is 4.79 Å². The molecule has 0 spiro atoms. The van der Waals surface area contributed by atoms with Gasteiger partial charge in [-0.15, -0.1) is 0 Å². The number of rotatable bonds is 3. The molecule has 2 rings (SSSR count). The van der Waals surface area contributed by atoms with Gasteiger partial charge in [-0.2, -0.15) is 0 Å². The van der Waals surface area contributed by atoms with Gasteiger partial charge in [0.1, 0.15) is 5.69 Å². The molecule has 4 nitrogen and oxygen atoms in total. The topological polar surface area (TPSA) is 46.3 Å². The van der Waals surface area contributed by atoms with Crippen molar-refractivity contribution in [3.8, 4) is 0 Å². The molecule has 0 bridgehead atoms. The Hall–Kier alpha value is -1.32. The van der Waals surface area contributed by atoms with Gasteiger partial charge in [0.25, 0.3) is 0 Å². The molecule has 0 atom stereocenters. The summed E-state index contributed by atoms with van der Waals surface area (Å²) in [6, 6.07) is 0. The summed E-state index contributed by atoms with van der Waals surface area (Å²) in [7, 11) is 3.82. The summed E-state index contributed by atoms with van der Waals surface area (Å²) in [6.07, 6.45) is 2.29. The molecule has 1 aliphatic rings. The van der Waals surface area contributed by atoms with Crippen molar-refractivity contribution in [1.29, 1.82) is 0 Å². The van der Waals surface area contributed by atoms with Crippen LogP contribution < -0.4 is 4.90 Å². The summed E-state index contributed by atoms with van der Waals surface area (Å²) in [4.78, 5) is 13.2. The average molecular weight is 194 g/mol. The van der Waals surface area contributed by atoms with E-state index in [9.17, 15) is 4.79 Å². The maximum atomic E-state index is 11.3. The lowest BCUT2D eigenvalue weighted by atomic mass is 10.2. The predicted molar refractivity (Wildman–Crippen MR) is 52.8 cm³/mol. The minimum atomic E-state index is -0.0376. The van der Waals surface area contributed by atoms with Crippen LogP contribution in [0.2, 0.25) is 0 Å². The fourth-order valence-corrected chi connectivity index (χ4v) is 1.57. The fraction of sp³-hybridized carbons (Fsp3) is 0.600. The summed E-state index contributed by atoms with van der Waals surface area (Å²) in [5.74, 6) is 1.32. The highest BCUT2D eigenvalue weighted by atomic mass is 16.5. The zero-order valence-corrected chi connectivity index (χ0v) is 8.70. The molecular weight excluding hydrogens is 180 g/mol. The van der Waals surface area contributed by atoms with E-state index in [0.29, 0.717) is 11.6 Å². The van der Waals surface area contributed by atoms with E-state index in [2.05, 4.69) is 5.16 Å². The monoisotopic (exact) mass is 194 g/mol. The molecule has 1 heterocycles. The van der Waals surface area contributed by atoms with Crippen molar-refractivity contribution in [2.75, 3.05) is 19.0 Å². The fourth-order valence-electron chi connectivity index (χ4n) is 1.57. The van der Waals surface area contributed by atoms with Crippen molar-refractivity contribution >= 4 is 11.5 Å². The molecule has 0 unspecified atom stereocenters. The van der Waals surface area contributed by atoms with Crippen molar-refractivity contribution in [2.24, 2.45) is 0 Å². The Labute approximate surface area is 82.9 Å². The van der Waals surface area contributed by atoms with Crippen LogP contribution in [0.4, 0.5) is 5.69 Å². The minimum absolute atomic E-state index is 0.0376. The number of nitrogens with zero attached hydrogens (tertiary/aromatic N) is 2. The van der Waals surface area contributed by atoms with Gasteiger partial charge in [0.2, 0.25) is 0 Å². The van der Waals surface area contributed by atoms with Crippen LogP contribution in [0.5, 0.6) is 0 Å². The molecule has 76 valence electrons. The first kappa shape index (κ1) is 9.24. The van der Waals surface area contributed by atoms with E-state index in [1.807, 2.05) is 19.0 Å². The Bertz CT molecular complexity index is 364. The Morgan fingerprint density at radius 3 is 2.57 bits per heavy atom. The molecule has 0 aliphatic heterocycles. The molecule has 14 heavy (non-hydrogen) atoms. The van der Waals surface area contributed by atoms with Gasteiger partial charge in [-0.25, -0.2) is 0 Å². The first-order valence-corrected chi connectivity index (χ1v) is 4.79. The lowest BCUT2D eigenvalue weighted by Crippen LogP contribution is -2.13. The van der Waals surface area contributed by atoms with Gasteiger partial charge in [0, 0.05) is 26.9 Å². The maximum absolute atomic E-state index is 11.3. The molecule has 0 N–H and O–H groups in total. The first-order chi connectivity index (χ1) is 6.61. The Morgan fingerprint density at radius 1 is 1.50 bits per heavy atom. The third kappa shape index (κ3) is 1.41. The molecular formula is C10H14N2O2. The quantitative estimate of drug-likeness (QED) is 0.688. The van der Waals surface area contributed by atoms with Gasteiger partial charge < -0.3 is 9.42 Å². The SMILES string of the molecule is CC(=O)c1noc(C2CC2)c1N(C)C. The first-order valence-electron chi connectivity index (χ1n) is 4.79. The normalized spacial score (nSPS) is 15.6. The van der Waals surface area contributed by atoms with Gasteiger partial charge in [-0.05, 0) is 12.8 Å². The van der Waals surface area contributed by atoms with Crippen LogP contribution >= 0.6 is 0 Å². The molecule has 1 aliphatic carbocycles. The second kappa shape index (κ2) is 3.12. The van der Waals surface area contributed by atoms with Gasteiger partial charge in [0.05, 0.1) is 0 Å². The third-order valence-electron chi connectivity index (χ3n) is 2.42. The summed E-state index contributed by atoms with van der Waals surface area (Å²) in [6.45, 7) is 1.52. The smallest absolute Gasteiger partial charge is 0.183 e. The van der Waals surface area contributed by atoms with E-state index in [0.717, 1.165) is 24.3 Å². The van der Waals surface area contributed by atoms with Crippen molar-refractivity contribution in [1.82, 2.24) is 5.16 Å². The van der Waals surface area contributed by atoms with Crippen molar-refractivity contribution < 1.29 is 9.32 Å². The number of carbonyl (C=O) groups is 1. The summed E-state index contributed by atoms with van der Waals surface area (Å²) < 4.78 is 5.23. The zero-order valence-electron chi connectivity index (χ0n) is 8.70. The molecule has 1 aromatic heterocycles. The highest BCUT2D eigenvalue weighted by Crippen LogP contribution is 2.45. The standard InChI is InChI=1S/C10H14N2O2/c1-6(13)8-9(12(2)3)10(14-11-8)7-4-5-7/h7H,4-5H2,1-3H3. The van der Waals surface area contributed by atoms with E-state index < -0.39 is 0 Å². The highest BCUT2D eigenvalue weighted by molar-refractivity contribution is 5.98. The number of anilines is 1. The maximum Gasteiger partial charge on any atom is 0.183 e. The van der Waals surface area contributed by atoms with Crippen molar-refractivity contribution in [2.45, 2.75) is 25.7 Å². The second-order valence-electron chi connectivity index (χ2n) is 3.97. The molecule has 0 saturated heterocycles. The summed E-state index contributed by atoms with van der Waals surface area (Å²) in [5, 5.41) is 3.83. The van der Waals surface area contributed by atoms with E-state index in [1.165, 1.54) is 6.92 Å². The van der Waals surface area contributed by atoms with Gasteiger partial charge in [-0.1, -0.05) is 5.16 Å². The molecule has 0 aromatic carbocycles. The predicted octanol–water partition coefficient (Wildman–Crippen LogP) is 1.82. The van der Waals surface area contributed by atoms with Crippen LogP contribution in [0.1, 0.15) is 41.9 Å². The van der Waals surface area contributed by atoms with Crippen LogP contribution in [-0.2, 0) is 0 Å². The lowest BCUT2D eigenvalue weighted by Gasteiger charge is -2.11. The number of hydrogen-bond donors (Lipinski definition) is 0. The van der Waals surface area contributed by atoms with Crippen LogP contribution in [0.3, 0.4) is 0 Å². The highest BCUT2D eigenvalue weighted by Gasteiger charge is 2.33. The molecule has 0 radical (unpaired) electrons. The average Bonchev–Trinajstić information content (AvgIpc) is 2.83. The minimum Gasteiger partial charge on any atom is -0.373 e. The molecule has 1 fully saturated rings. The number of carbonyl (C=O) groups excluding carboxylic acids is 1. The van der Waals surface area contributed by atoms with Gasteiger partial charge in [0.15, 0.2) is 17.2 Å². The number of hydrogen-bond acceptors (Lipinski definition) is 4. The summed E-state index contributed by atoms with van der Waals surface area (Å²) >= 11 is 0. The Balaban J connectivity index is 2.46. The van der Waals surface area contributed by atoms with E-state index >= 15 is 0 Å².